The largest absolute Gasteiger partial charge is 0.378 e. The topological polar surface area (TPSA) is 20.2 Å². The van der Waals surface area contributed by atoms with Crippen molar-refractivity contribution in [1.29, 1.82) is 0 Å². The van der Waals surface area contributed by atoms with Gasteiger partial charge >= 0.3 is 4.83 Å². The highest BCUT2D eigenvalue weighted by molar-refractivity contribution is 9.10. The van der Waals surface area contributed by atoms with E-state index >= 15 is 0 Å². The quantitative estimate of drug-likeness (QED) is 0.654. The van der Waals surface area contributed by atoms with Crippen molar-refractivity contribution in [2.24, 2.45) is 0 Å². The van der Waals surface area contributed by atoms with E-state index in [1.165, 1.54) is 0 Å². The summed E-state index contributed by atoms with van der Waals surface area (Å²) >= 11 is 1.96. The molecule has 1 aromatic carbocycles. The molecule has 0 saturated carbocycles. The van der Waals surface area contributed by atoms with Crippen LogP contribution in [0.1, 0.15) is 12.5 Å². The van der Waals surface area contributed by atoms with Crippen molar-refractivity contribution >= 4 is 15.9 Å². The molecular formula is C9H7BrF4O. The zero-order valence-electron chi connectivity index (χ0n) is 7.57. The molecule has 0 spiro atoms. The fourth-order valence-corrected chi connectivity index (χ4v) is 1.23. The number of alkyl halides is 3. The molecule has 1 nitrogen and oxygen atoms in total. The fraction of sp³-hybridized carbons (Fsp3) is 0.333. The lowest BCUT2D eigenvalue weighted by molar-refractivity contribution is -0.109. The van der Waals surface area contributed by atoms with Gasteiger partial charge in [-0.25, -0.2) is 8.78 Å². The van der Waals surface area contributed by atoms with Crippen LogP contribution in [0.25, 0.3) is 0 Å². The normalized spacial score (nSPS) is 16.2. The van der Waals surface area contributed by atoms with Gasteiger partial charge in [0.2, 0.25) is 0 Å². The monoisotopic (exact) mass is 286 g/mol. The number of rotatable bonds is 2. The Kier molecular flexibility index (Phi) is 3.11. The van der Waals surface area contributed by atoms with Crippen LogP contribution in [0.15, 0.2) is 18.2 Å². The lowest BCUT2D eigenvalue weighted by atomic mass is 9.96. The molecule has 0 radical (unpaired) electrons. The molecule has 84 valence electrons. The van der Waals surface area contributed by atoms with Gasteiger partial charge in [-0.1, -0.05) is 0 Å². The molecule has 0 aromatic heterocycles. The lowest BCUT2D eigenvalue weighted by Crippen LogP contribution is -2.38. The first kappa shape index (κ1) is 12.4. The molecule has 1 N–H and O–H groups in total. The van der Waals surface area contributed by atoms with Gasteiger partial charge in [-0.3, -0.25) is 0 Å². The van der Waals surface area contributed by atoms with Gasteiger partial charge in [-0.15, -0.1) is 0 Å². The van der Waals surface area contributed by atoms with E-state index in [1.54, 1.807) is 0 Å². The van der Waals surface area contributed by atoms with E-state index in [-0.39, 0.29) is 0 Å². The average Bonchev–Trinajstić information content (AvgIpc) is 1.99. The maximum Gasteiger partial charge on any atom is 0.333 e. The highest BCUT2D eigenvalue weighted by atomic mass is 79.9. The van der Waals surface area contributed by atoms with E-state index in [0.717, 1.165) is 6.92 Å². The zero-order chi connectivity index (χ0) is 11.9. The highest BCUT2D eigenvalue weighted by Gasteiger charge is 2.48. The summed E-state index contributed by atoms with van der Waals surface area (Å²) in [7, 11) is 0. The molecule has 0 aliphatic carbocycles. The fourth-order valence-electron chi connectivity index (χ4n) is 0.999. The van der Waals surface area contributed by atoms with Crippen LogP contribution in [0.5, 0.6) is 0 Å². The summed E-state index contributed by atoms with van der Waals surface area (Å²) in [5.74, 6) is -2.05. The molecule has 0 saturated heterocycles. The predicted molar refractivity (Wildman–Crippen MR) is 49.8 cm³/mol. The van der Waals surface area contributed by atoms with E-state index in [0.29, 0.717) is 18.2 Å². The van der Waals surface area contributed by atoms with Crippen LogP contribution in [0.2, 0.25) is 0 Å². The highest BCUT2D eigenvalue weighted by Crippen LogP contribution is 2.42. The van der Waals surface area contributed by atoms with Gasteiger partial charge in [-0.2, -0.15) is 8.78 Å². The predicted octanol–water partition coefficient (Wildman–Crippen LogP) is 3.16. The summed E-state index contributed by atoms with van der Waals surface area (Å²) in [5.41, 5.74) is -3.22. The Morgan fingerprint density at radius 2 is 1.53 bits per heavy atom. The Morgan fingerprint density at radius 1 is 1.13 bits per heavy atom. The van der Waals surface area contributed by atoms with Crippen LogP contribution in [-0.4, -0.2) is 9.94 Å². The van der Waals surface area contributed by atoms with Gasteiger partial charge in [0.15, 0.2) is 5.60 Å². The van der Waals surface area contributed by atoms with Crippen LogP contribution in [0.4, 0.5) is 17.6 Å². The number of aliphatic hydroxyl groups is 1. The Labute approximate surface area is 91.9 Å². The number of halogens is 5. The second kappa shape index (κ2) is 3.75. The van der Waals surface area contributed by atoms with Crippen molar-refractivity contribution in [2.45, 2.75) is 17.4 Å². The first-order valence-corrected chi connectivity index (χ1v) is 4.69. The van der Waals surface area contributed by atoms with Gasteiger partial charge < -0.3 is 5.11 Å². The minimum Gasteiger partial charge on any atom is -0.378 e. The van der Waals surface area contributed by atoms with Crippen LogP contribution in [0.3, 0.4) is 0 Å². The van der Waals surface area contributed by atoms with Crippen LogP contribution in [-0.2, 0) is 5.60 Å². The van der Waals surface area contributed by atoms with Crippen molar-refractivity contribution < 1.29 is 22.7 Å². The maximum absolute atomic E-state index is 12.9. The van der Waals surface area contributed by atoms with Crippen LogP contribution >= 0.6 is 15.9 Å². The Morgan fingerprint density at radius 3 is 1.87 bits per heavy atom. The molecule has 1 aromatic rings. The van der Waals surface area contributed by atoms with Gasteiger partial charge in [-0.05, 0) is 40.5 Å². The third kappa shape index (κ3) is 2.49. The maximum atomic E-state index is 12.9. The third-order valence-electron chi connectivity index (χ3n) is 1.98. The standard InChI is InChI=1S/C9H7BrF4O/c1-8(15,9(10,13)14)5-2-6(11)4-7(12)3-5/h2-4,15H,1H3. The molecule has 1 unspecified atom stereocenters. The third-order valence-corrected chi connectivity index (χ3v) is 2.75. The van der Waals surface area contributed by atoms with Crippen LogP contribution in [0, 0.1) is 11.6 Å². The molecule has 0 aliphatic heterocycles. The van der Waals surface area contributed by atoms with E-state index in [9.17, 15) is 22.7 Å². The molecule has 1 atom stereocenters. The second-order valence-electron chi connectivity index (χ2n) is 3.23. The molecular weight excluding hydrogens is 280 g/mol. The molecule has 1 rings (SSSR count). The van der Waals surface area contributed by atoms with Crippen LogP contribution < -0.4 is 0 Å². The number of hydrogen-bond acceptors (Lipinski definition) is 1. The Balaban J connectivity index is 3.27. The molecule has 0 bridgehead atoms. The average molecular weight is 287 g/mol. The summed E-state index contributed by atoms with van der Waals surface area (Å²) in [4.78, 5) is -3.68. The summed E-state index contributed by atoms with van der Waals surface area (Å²) in [6.45, 7) is 0.760. The first-order valence-electron chi connectivity index (χ1n) is 3.90. The van der Waals surface area contributed by atoms with E-state index in [2.05, 4.69) is 0 Å². The van der Waals surface area contributed by atoms with Gasteiger partial charge in [0.25, 0.3) is 0 Å². The summed E-state index contributed by atoms with van der Waals surface area (Å²) < 4.78 is 51.2. The number of hydrogen-bond donors (Lipinski definition) is 1. The molecule has 15 heavy (non-hydrogen) atoms. The molecule has 0 heterocycles. The van der Waals surface area contributed by atoms with E-state index < -0.39 is 27.6 Å². The zero-order valence-corrected chi connectivity index (χ0v) is 9.16. The van der Waals surface area contributed by atoms with Crippen molar-refractivity contribution in [1.82, 2.24) is 0 Å². The minimum absolute atomic E-state index is 0.534. The molecule has 0 aliphatic rings. The summed E-state index contributed by atoms with van der Waals surface area (Å²) in [5, 5.41) is 9.44. The lowest BCUT2D eigenvalue weighted by Gasteiger charge is -2.28. The van der Waals surface area contributed by atoms with E-state index in [4.69, 9.17) is 0 Å². The van der Waals surface area contributed by atoms with Gasteiger partial charge in [0, 0.05) is 6.07 Å². The molecule has 6 heteroatoms. The van der Waals surface area contributed by atoms with Crippen molar-refractivity contribution in [3.05, 3.63) is 35.4 Å². The Bertz CT molecular complexity index is 353. The van der Waals surface area contributed by atoms with E-state index in [1.807, 2.05) is 15.9 Å². The SMILES string of the molecule is CC(O)(c1cc(F)cc(F)c1)C(F)(F)Br. The Hall–Kier alpha value is -0.620. The summed E-state index contributed by atoms with van der Waals surface area (Å²) in [6.07, 6.45) is 0. The van der Waals surface area contributed by atoms with Crippen molar-refractivity contribution in [2.75, 3.05) is 0 Å². The number of benzene rings is 1. The molecule has 0 amide bonds. The molecule has 0 fully saturated rings. The van der Waals surface area contributed by atoms with Gasteiger partial charge in [0.05, 0.1) is 0 Å². The minimum atomic E-state index is -3.68. The summed E-state index contributed by atoms with van der Waals surface area (Å²) in [6, 6.07) is 1.84. The smallest absolute Gasteiger partial charge is 0.333 e. The van der Waals surface area contributed by atoms with Crippen molar-refractivity contribution in [3.8, 4) is 0 Å². The first-order chi connectivity index (χ1) is 6.64. The van der Waals surface area contributed by atoms with Gasteiger partial charge in [0.1, 0.15) is 11.6 Å². The van der Waals surface area contributed by atoms with Crippen molar-refractivity contribution in [3.63, 3.8) is 0 Å². The second-order valence-corrected chi connectivity index (χ2v) is 4.22.